The summed E-state index contributed by atoms with van der Waals surface area (Å²) in [6.45, 7) is 4.07. The van der Waals surface area contributed by atoms with Crippen molar-refractivity contribution in [2.24, 2.45) is 0 Å². The Balaban J connectivity index is 2.66. The number of nitrogens with zero attached hydrogens (tertiary/aromatic N) is 2. The average molecular weight is 392 g/mol. The summed E-state index contributed by atoms with van der Waals surface area (Å²) >= 11 is 5.95. The Morgan fingerprint density at radius 1 is 1.37 bits per heavy atom. The third kappa shape index (κ3) is 2.53. The van der Waals surface area contributed by atoms with Crippen molar-refractivity contribution < 1.29 is 9.34 Å². The molecule has 1 aromatic carbocycles. The number of hydrogen-bond donors (Lipinski definition) is 0. The minimum absolute atomic E-state index is 0.00421. The highest BCUT2D eigenvalue weighted by Gasteiger charge is 2.44. The van der Waals surface area contributed by atoms with E-state index in [0.717, 1.165) is 24.0 Å². The Morgan fingerprint density at radius 2 is 2.05 bits per heavy atom. The van der Waals surface area contributed by atoms with Crippen molar-refractivity contribution in [3.63, 3.8) is 0 Å². The molecular weight excluding hydrogens is 380 g/mol. The number of halogens is 2. The molecule has 1 heterocycles. The van der Waals surface area contributed by atoms with Crippen LogP contribution >= 0.6 is 31.9 Å². The molecule has 7 heteroatoms. The first-order valence-electron chi connectivity index (χ1n) is 5.85. The lowest BCUT2D eigenvalue weighted by Crippen LogP contribution is -2.20. The van der Waals surface area contributed by atoms with Crippen LogP contribution < -0.4 is 0 Å². The van der Waals surface area contributed by atoms with Crippen LogP contribution in [-0.4, -0.2) is 9.91 Å². The normalized spacial score (nSPS) is 12.0. The number of rotatable bonds is 4. The third-order valence-corrected chi connectivity index (χ3v) is 4.16. The molecule has 0 saturated carbocycles. The molecule has 0 amide bonds. The van der Waals surface area contributed by atoms with Crippen LogP contribution in [0.25, 0.3) is 11.1 Å². The third-order valence-electron chi connectivity index (χ3n) is 2.90. The van der Waals surface area contributed by atoms with Gasteiger partial charge in [0.2, 0.25) is 0 Å². The molecule has 0 saturated heterocycles. The Hall–Kier alpha value is -0.950. The molecule has 0 bridgehead atoms. The molecule has 2 rings (SSSR count). The van der Waals surface area contributed by atoms with E-state index in [-0.39, 0.29) is 5.89 Å². The molecule has 0 aliphatic rings. The van der Waals surface area contributed by atoms with Gasteiger partial charge >= 0.3 is 3.36 Å². The molecule has 0 aliphatic carbocycles. The van der Waals surface area contributed by atoms with E-state index < -0.39 is 8.28 Å². The van der Waals surface area contributed by atoms with Gasteiger partial charge in [0.15, 0.2) is 5.58 Å². The predicted octanol–water partition coefficient (Wildman–Crippen LogP) is 4.13. The number of aromatic nitrogens is 1. The van der Waals surface area contributed by atoms with Crippen molar-refractivity contribution in [2.75, 3.05) is 0 Å². The lowest BCUT2D eigenvalue weighted by Gasteiger charge is -2.05. The molecule has 1 aromatic heterocycles. The SMILES string of the molecule is CCc1cc(CC)c2oc(C(Br)(Br)[N+](=O)[O-])nc2c1. The van der Waals surface area contributed by atoms with Crippen LogP contribution in [-0.2, 0) is 16.2 Å². The topological polar surface area (TPSA) is 69.2 Å². The zero-order valence-electron chi connectivity index (χ0n) is 10.4. The van der Waals surface area contributed by atoms with Gasteiger partial charge in [-0.25, -0.2) is 4.98 Å². The maximum atomic E-state index is 11.0. The summed E-state index contributed by atoms with van der Waals surface area (Å²) in [5.74, 6) is -0.00421. The van der Waals surface area contributed by atoms with Gasteiger partial charge in [-0.2, -0.15) is 0 Å². The van der Waals surface area contributed by atoms with Crippen LogP contribution in [0.3, 0.4) is 0 Å². The fourth-order valence-corrected chi connectivity index (χ4v) is 2.18. The number of benzene rings is 1. The maximum Gasteiger partial charge on any atom is 0.400 e. The number of alkyl halides is 2. The van der Waals surface area contributed by atoms with E-state index in [1.807, 2.05) is 19.1 Å². The van der Waals surface area contributed by atoms with Crippen molar-refractivity contribution in [2.45, 2.75) is 30.0 Å². The molecule has 2 aromatic rings. The van der Waals surface area contributed by atoms with Gasteiger partial charge in [-0.1, -0.05) is 19.9 Å². The molecule has 0 aliphatic heterocycles. The Bertz CT molecular complexity index is 637. The van der Waals surface area contributed by atoms with E-state index in [0.29, 0.717) is 11.1 Å². The summed E-state index contributed by atoms with van der Waals surface area (Å²) < 4.78 is 3.89. The quantitative estimate of drug-likeness (QED) is 0.340. The Kier molecular flexibility index (Phi) is 3.96. The van der Waals surface area contributed by atoms with Gasteiger partial charge in [0.25, 0.3) is 5.89 Å². The van der Waals surface area contributed by atoms with E-state index in [1.54, 1.807) is 0 Å². The Morgan fingerprint density at radius 3 is 2.58 bits per heavy atom. The summed E-state index contributed by atoms with van der Waals surface area (Å²) in [5, 5.41) is 11.0. The molecular formula is C12H12Br2N2O3. The second-order valence-electron chi connectivity index (χ2n) is 4.13. The summed E-state index contributed by atoms with van der Waals surface area (Å²) in [5.41, 5.74) is 3.41. The number of fused-ring (bicyclic) bond motifs is 1. The lowest BCUT2D eigenvalue weighted by molar-refractivity contribution is -0.514. The van der Waals surface area contributed by atoms with E-state index in [1.165, 1.54) is 0 Å². The smallest absolute Gasteiger partial charge is 0.400 e. The van der Waals surface area contributed by atoms with E-state index >= 15 is 0 Å². The fourth-order valence-electron chi connectivity index (χ4n) is 1.84. The van der Waals surface area contributed by atoms with Gasteiger partial charge in [-0.3, -0.25) is 10.1 Å². The molecule has 0 spiro atoms. The highest BCUT2D eigenvalue weighted by molar-refractivity contribution is 9.24. The molecule has 5 nitrogen and oxygen atoms in total. The van der Waals surface area contributed by atoms with Crippen LogP contribution in [0.5, 0.6) is 0 Å². The summed E-state index contributed by atoms with van der Waals surface area (Å²) in [6.07, 6.45) is 1.67. The van der Waals surface area contributed by atoms with Crippen molar-refractivity contribution >= 4 is 43.0 Å². The first-order chi connectivity index (χ1) is 8.90. The van der Waals surface area contributed by atoms with Gasteiger partial charge in [0, 0.05) is 31.9 Å². The van der Waals surface area contributed by atoms with Gasteiger partial charge < -0.3 is 4.42 Å². The van der Waals surface area contributed by atoms with Crippen LogP contribution in [0, 0.1) is 10.1 Å². The van der Waals surface area contributed by atoms with E-state index in [4.69, 9.17) is 4.42 Å². The monoisotopic (exact) mass is 390 g/mol. The van der Waals surface area contributed by atoms with Crippen LogP contribution in [0.4, 0.5) is 0 Å². The fraction of sp³-hybridized carbons (Fsp3) is 0.417. The average Bonchev–Trinajstić information content (AvgIpc) is 2.81. The van der Waals surface area contributed by atoms with E-state index in [2.05, 4.69) is 43.8 Å². The zero-order chi connectivity index (χ0) is 14.2. The van der Waals surface area contributed by atoms with Crippen molar-refractivity contribution in [3.8, 4) is 0 Å². The highest BCUT2D eigenvalue weighted by Crippen LogP contribution is 2.40. The van der Waals surface area contributed by atoms with Crippen molar-refractivity contribution in [3.05, 3.63) is 39.3 Å². The van der Waals surface area contributed by atoms with Gasteiger partial charge in [-0.15, -0.1) is 0 Å². The van der Waals surface area contributed by atoms with Gasteiger partial charge in [0.05, 0.1) is 4.92 Å². The number of hydrogen-bond acceptors (Lipinski definition) is 4. The van der Waals surface area contributed by atoms with Crippen LogP contribution in [0.2, 0.25) is 0 Å². The number of nitro groups is 1. The molecule has 0 fully saturated rings. The number of aryl methyl sites for hydroxylation is 2. The molecule has 19 heavy (non-hydrogen) atoms. The minimum atomic E-state index is -1.68. The van der Waals surface area contributed by atoms with Crippen LogP contribution in [0.15, 0.2) is 16.5 Å². The van der Waals surface area contributed by atoms with Crippen molar-refractivity contribution in [1.29, 1.82) is 0 Å². The standard InChI is InChI=1S/C12H12Br2N2O3/c1-3-7-5-8(4-2)10-9(6-7)15-11(19-10)12(13,14)16(17)18/h5-6H,3-4H2,1-2H3. The molecule has 0 N–H and O–H groups in total. The minimum Gasteiger partial charge on any atom is -0.432 e. The molecule has 0 radical (unpaired) electrons. The van der Waals surface area contributed by atoms with Crippen LogP contribution in [0.1, 0.15) is 30.9 Å². The number of oxazole rings is 1. The maximum absolute atomic E-state index is 11.0. The Labute approximate surface area is 126 Å². The molecule has 0 unspecified atom stereocenters. The largest absolute Gasteiger partial charge is 0.432 e. The lowest BCUT2D eigenvalue weighted by atomic mass is 10.1. The second kappa shape index (κ2) is 5.20. The van der Waals surface area contributed by atoms with Gasteiger partial charge in [-0.05, 0) is 30.0 Å². The first kappa shape index (κ1) is 14.5. The molecule has 102 valence electrons. The summed E-state index contributed by atoms with van der Waals surface area (Å²) in [7, 11) is 0. The summed E-state index contributed by atoms with van der Waals surface area (Å²) in [6, 6.07) is 3.95. The van der Waals surface area contributed by atoms with Crippen molar-refractivity contribution in [1.82, 2.24) is 4.98 Å². The molecule has 0 atom stereocenters. The van der Waals surface area contributed by atoms with E-state index in [9.17, 15) is 10.1 Å². The zero-order valence-corrected chi connectivity index (χ0v) is 13.6. The first-order valence-corrected chi connectivity index (χ1v) is 7.43. The second-order valence-corrected chi connectivity index (χ2v) is 7.49. The summed E-state index contributed by atoms with van der Waals surface area (Å²) in [4.78, 5) is 14.7. The van der Waals surface area contributed by atoms with Gasteiger partial charge in [0.1, 0.15) is 5.52 Å². The predicted molar refractivity (Wildman–Crippen MR) is 79.3 cm³/mol. The highest BCUT2D eigenvalue weighted by atomic mass is 79.9.